The van der Waals surface area contributed by atoms with E-state index in [-0.39, 0.29) is 18.4 Å². The van der Waals surface area contributed by atoms with Gasteiger partial charge in [-0.05, 0) is 36.1 Å². The van der Waals surface area contributed by atoms with Gasteiger partial charge in [0.15, 0.2) is 0 Å². The minimum Gasteiger partial charge on any atom is -0.489 e. The van der Waals surface area contributed by atoms with Crippen molar-refractivity contribution < 1.29 is 4.74 Å². The number of allylic oxidation sites excluding steroid dienone is 1. The van der Waals surface area contributed by atoms with Gasteiger partial charge in [0.25, 0.3) is 0 Å². The molecule has 0 amide bonds. The average Bonchev–Trinajstić information content (AvgIpc) is 2.52. The molecule has 0 heterocycles. The Kier molecular flexibility index (Phi) is 7.59. The molecule has 112 valence electrons. The maximum Gasteiger partial charge on any atom is 0.120 e. The van der Waals surface area contributed by atoms with Gasteiger partial charge in [-0.2, -0.15) is 0 Å². The van der Waals surface area contributed by atoms with E-state index in [1.165, 1.54) is 0 Å². The second-order valence-electron chi connectivity index (χ2n) is 4.82. The quantitative estimate of drug-likeness (QED) is 0.755. The lowest BCUT2D eigenvalue weighted by molar-refractivity contribution is 0.305. The molecule has 2 nitrogen and oxygen atoms in total. The fourth-order valence-corrected chi connectivity index (χ4v) is 2.04. The fraction of sp³-hybridized carbons (Fsp3) is 0.222. The minimum absolute atomic E-state index is 0. The Morgan fingerprint density at radius 2 is 1.86 bits per heavy atom. The molecule has 0 radical (unpaired) electrons. The first-order valence-corrected chi connectivity index (χ1v) is 6.93. The molecule has 0 aliphatic rings. The molecular formula is C18H22ClNO. The number of nitrogens with two attached hydrogens (primary N) is 1. The van der Waals surface area contributed by atoms with Gasteiger partial charge < -0.3 is 10.5 Å². The topological polar surface area (TPSA) is 35.2 Å². The summed E-state index contributed by atoms with van der Waals surface area (Å²) in [5, 5.41) is 0. The van der Waals surface area contributed by atoms with Crippen molar-refractivity contribution in [1.82, 2.24) is 0 Å². The molecule has 2 N–H and O–H groups in total. The van der Waals surface area contributed by atoms with E-state index in [4.69, 9.17) is 10.5 Å². The molecule has 0 unspecified atom stereocenters. The Bertz CT molecular complexity index is 542. The standard InChI is InChI=1S/C18H21NO.ClH/c1-2-3-12-18(19)16-10-7-11-17(13-16)20-14-15-8-5-4-6-9-15;/h2,4-11,13,18H,1,3,12,14,19H2;1H/t18-;/m1./s1. The Balaban J connectivity index is 0.00000220. The summed E-state index contributed by atoms with van der Waals surface area (Å²) in [7, 11) is 0. The Hall–Kier alpha value is -1.77. The van der Waals surface area contributed by atoms with Gasteiger partial charge in [0.2, 0.25) is 0 Å². The van der Waals surface area contributed by atoms with Crippen molar-refractivity contribution in [2.45, 2.75) is 25.5 Å². The first-order chi connectivity index (χ1) is 9.79. The van der Waals surface area contributed by atoms with Crippen molar-refractivity contribution in [3.63, 3.8) is 0 Å². The number of halogens is 1. The van der Waals surface area contributed by atoms with Crippen molar-refractivity contribution in [1.29, 1.82) is 0 Å². The van der Waals surface area contributed by atoms with E-state index in [1.54, 1.807) is 0 Å². The van der Waals surface area contributed by atoms with Crippen LogP contribution in [0.5, 0.6) is 5.75 Å². The summed E-state index contributed by atoms with van der Waals surface area (Å²) in [6.45, 7) is 4.30. The van der Waals surface area contributed by atoms with Crippen LogP contribution in [0.3, 0.4) is 0 Å². The molecule has 0 saturated heterocycles. The van der Waals surface area contributed by atoms with Crippen molar-refractivity contribution >= 4 is 12.4 Å². The maximum absolute atomic E-state index is 6.15. The van der Waals surface area contributed by atoms with Crippen LogP contribution >= 0.6 is 12.4 Å². The van der Waals surface area contributed by atoms with E-state index in [0.717, 1.165) is 29.7 Å². The van der Waals surface area contributed by atoms with Crippen LogP contribution in [-0.2, 0) is 6.61 Å². The van der Waals surface area contributed by atoms with E-state index >= 15 is 0 Å². The number of hydrogen-bond acceptors (Lipinski definition) is 2. The highest BCUT2D eigenvalue weighted by Gasteiger charge is 2.06. The fourth-order valence-electron chi connectivity index (χ4n) is 2.04. The third-order valence-electron chi connectivity index (χ3n) is 3.22. The van der Waals surface area contributed by atoms with Crippen LogP contribution in [0.25, 0.3) is 0 Å². The van der Waals surface area contributed by atoms with Crippen LogP contribution in [0.4, 0.5) is 0 Å². The number of benzene rings is 2. The molecule has 0 aliphatic carbocycles. The molecule has 0 bridgehead atoms. The van der Waals surface area contributed by atoms with Gasteiger partial charge in [-0.15, -0.1) is 19.0 Å². The zero-order chi connectivity index (χ0) is 14.2. The zero-order valence-electron chi connectivity index (χ0n) is 12.1. The third kappa shape index (κ3) is 5.62. The highest BCUT2D eigenvalue weighted by Crippen LogP contribution is 2.21. The lowest BCUT2D eigenvalue weighted by atomic mass is 10.0. The molecule has 0 fully saturated rings. The molecule has 3 heteroatoms. The highest BCUT2D eigenvalue weighted by molar-refractivity contribution is 5.85. The molecule has 0 spiro atoms. The highest BCUT2D eigenvalue weighted by atomic mass is 35.5. The van der Waals surface area contributed by atoms with Crippen molar-refractivity contribution in [3.8, 4) is 5.75 Å². The van der Waals surface area contributed by atoms with Gasteiger partial charge in [0.05, 0.1) is 0 Å². The number of ether oxygens (including phenoxy) is 1. The van der Waals surface area contributed by atoms with E-state index in [9.17, 15) is 0 Å². The molecule has 0 aromatic heterocycles. The van der Waals surface area contributed by atoms with E-state index in [2.05, 4.69) is 18.7 Å². The summed E-state index contributed by atoms with van der Waals surface area (Å²) in [6.07, 6.45) is 3.73. The normalized spacial score (nSPS) is 11.3. The largest absolute Gasteiger partial charge is 0.489 e. The van der Waals surface area contributed by atoms with Gasteiger partial charge in [-0.3, -0.25) is 0 Å². The van der Waals surface area contributed by atoms with Crippen LogP contribution in [0.15, 0.2) is 67.3 Å². The predicted molar refractivity (Wildman–Crippen MR) is 90.8 cm³/mol. The zero-order valence-corrected chi connectivity index (χ0v) is 12.9. The molecular weight excluding hydrogens is 282 g/mol. The molecule has 2 aromatic carbocycles. The second-order valence-corrected chi connectivity index (χ2v) is 4.82. The van der Waals surface area contributed by atoms with Crippen molar-refractivity contribution in [2.75, 3.05) is 0 Å². The third-order valence-corrected chi connectivity index (χ3v) is 3.22. The van der Waals surface area contributed by atoms with Crippen LogP contribution < -0.4 is 10.5 Å². The van der Waals surface area contributed by atoms with Gasteiger partial charge in [-0.1, -0.05) is 48.5 Å². The Morgan fingerprint density at radius 1 is 1.10 bits per heavy atom. The predicted octanol–water partition coefficient (Wildman–Crippen LogP) is 4.65. The number of hydrogen-bond donors (Lipinski definition) is 1. The average molecular weight is 304 g/mol. The van der Waals surface area contributed by atoms with Crippen LogP contribution in [-0.4, -0.2) is 0 Å². The van der Waals surface area contributed by atoms with Gasteiger partial charge >= 0.3 is 0 Å². The first-order valence-electron chi connectivity index (χ1n) is 6.93. The summed E-state index contributed by atoms with van der Waals surface area (Å²) < 4.78 is 5.81. The van der Waals surface area contributed by atoms with Gasteiger partial charge in [-0.25, -0.2) is 0 Å². The lowest BCUT2D eigenvalue weighted by Gasteiger charge is -2.13. The minimum atomic E-state index is 0. The smallest absolute Gasteiger partial charge is 0.120 e. The lowest BCUT2D eigenvalue weighted by Crippen LogP contribution is -2.09. The van der Waals surface area contributed by atoms with E-state index in [0.29, 0.717) is 6.61 Å². The Morgan fingerprint density at radius 3 is 2.57 bits per heavy atom. The number of rotatable bonds is 7. The molecule has 0 aliphatic heterocycles. The molecule has 2 rings (SSSR count). The maximum atomic E-state index is 6.15. The monoisotopic (exact) mass is 303 g/mol. The summed E-state index contributed by atoms with van der Waals surface area (Å²) in [5.41, 5.74) is 8.42. The van der Waals surface area contributed by atoms with Crippen LogP contribution in [0.2, 0.25) is 0 Å². The van der Waals surface area contributed by atoms with E-state index < -0.39 is 0 Å². The van der Waals surface area contributed by atoms with Crippen molar-refractivity contribution in [2.24, 2.45) is 5.73 Å². The van der Waals surface area contributed by atoms with Gasteiger partial charge in [0.1, 0.15) is 12.4 Å². The van der Waals surface area contributed by atoms with E-state index in [1.807, 2.05) is 48.5 Å². The molecule has 0 saturated carbocycles. The Labute approximate surface area is 133 Å². The van der Waals surface area contributed by atoms with Crippen LogP contribution in [0.1, 0.15) is 30.0 Å². The van der Waals surface area contributed by atoms with Crippen LogP contribution in [0, 0.1) is 0 Å². The molecule has 21 heavy (non-hydrogen) atoms. The summed E-state index contributed by atoms with van der Waals surface area (Å²) >= 11 is 0. The molecule has 2 aromatic rings. The summed E-state index contributed by atoms with van der Waals surface area (Å²) in [6, 6.07) is 18.2. The second kappa shape index (κ2) is 9.22. The summed E-state index contributed by atoms with van der Waals surface area (Å²) in [5.74, 6) is 0.861. The SMILES string of the molecule is C=CCC[C@@H](N)c1cccc(OCc2ccccc2)c1.Cl. The van der Waals surface area contributed by atoms with Gasteiger partial charge in [0, 0.05) is 6.04 Å². The van der Waals surface area contributed by atoms with Crippen molar-refractivity contribution in [3.05, 3.63) is 78.4 Å². The first kappa shape index (κ1) is 17.3. The molecule has 1 atom stereocenters. The summed E-state index contributed by atoms with van der Waals surface area (Å²) in [4.78, 5) is 0.